The van der Waals surface area contributed by atoms with Gasteiger partial charge in [-0.05, 0) is 84.2 Å². The molecule has 4 aromatic rings. The third-order valence-electron chi connectivity index (χ3n) is 7.07. The number of likely N-dealkylation sites (N-methyl/N-ethyl adjacent to an activating group) is 1. The van der Waals surface area contributed by atoms with E-state index in [1.807, 2.05) is 45.0 Å². The second-order valence-corrected chi connectivity index (χ2v) is 12.8. The van der Waals surface area contributed by atoms with Gasteiger partial charge in [-0.1, -0.05) is 24.3 Å². The van der Waals surface area contributed by atoms with Crippen LogP contribution in [0, 0.1) is 6.92 Å². The number of esters is 2. The molecule has 216 valence electrons. The molecule has 1 amide bonds. The van der Waals surface area contributed by atoms with Crippen molar-refractivity contribution in [1.82, 2.24) is 0 Å². The van der Waals surface area contributed by atoms with E-state index < -0.39 is 17.5 Å². The first-order valence-corrected chi connectivity index (χ1v) is 14.7. The van der Waals surface area contributed by atoms with Crippen molar-refractivity contribution in [3.8, 4) is 22.6 Å². The molecule has 1 N–H and O–H groups in total. The molecule has 0 unspecified atom stereocenters. The summed E-state index contributed by atoms with van der Waals surface area (Å²) in [5, 5.41) is 3.31. The maximum absolute atomic E-state index is 13.3. The molecule has 2 heterocycles. The number of carbonyl (C=O) groups is 3. The molecule has 0 radical (unpaired) electrons. The Labute approximate surface area is 256 Å². The number of fused-ring (bicyclic) bond motifs is 1. The van der Waals surface area contributed by atoms with Crippen LogP contribution >= 0.6 is 27.3 Å². The van der Waals surface area contributed by atoms with Crippen molar-refractivity contribution < 1.29 is 28.6 Å². The first-order valence-electron chi connectivity index (χ1n) is 13.1. The second kappa shape index (κ2) is 11.6. The zero-order chi connectivity index (χ0) is 30.2. The van der Waals surface area contributed by atoms with Gasteiger partial charge in [-0.3, -0.25) is 4.79 Å². The summed E-state index contributed by atoms with van der Waals surface area (Å²) < 4.78 is 18.0. The number of hydrogen-bond acceptors (Lipinski definition) is 8. The largest absolute Gasteiger partial charge is 0.496 e. The Balaban J connectivity index is 1.55. The highest BCUT2D eigenvalue weighted by molar-refractivity contribution is 9.11. The van der Waals surface area contributed by atoms with Gasteiger partial charge in [0.1, 0.15) is 28.5 Å². The lowest BCUT2D eigenvalue weighted by molar-refractivity contribution is -0.121. The van der Waals surface area contributed by atoms with Gasteiger partial charge in [-0.25, -0.2) is 9.59 Å². The fourth-order valence-electron chi connectivity index (χ4n) is 4.98. The van der Waals surface area contributed by atoms with E-state index in [0.29, 0.717) is 44.3 Å². The quantitative estimate of drug-likeness (QED) is 0.167. The number of hydrogen-bond donors (Lipinski definition) is 1. The number of aryl methyl sites for hydroxylation is 1. The molecule has 0 fully saturated rings. The minimum atomic E-state index is -0.819. The maximum Gasteiger partial charge on any atom is 0.348 e. The number of nitrogens with zero attached hydrogens (tertiary/aromatic N) is 1. The van der Waals surface area contributed by atoms with Gasteiger partial charge in [0, 0.05) is 24.2 Å². The summed E-state index contributed by atoms with van der Waals surface area (Å²) in [6.45, 7) is 5.38. The molecule has 0 aliphatic carbocycles. The highest BCUT2D eigenvalue weighted by Gasteiger charge is 2.39. The summed E-state index contributed by atoms with van der Waals surface area (Å²) >= 11 is 4.66. The number of amides is 1. The molecule has 0 saturated heterocycles. The number of nitrogens with one attached hydrogen (secondary N) is 1. The van der Waals surface area contributed by atoms with Crippen molar-refractivity contribution in [2.75, 3.05) is 24.4 Å². The number of halogens is 1. The van der Waals surface area contributed by atoms with Crippen LogP contribution in [0.15, 0.2) is 70.5 Å². The van der Waals surface area contributed by atoms with Crippen LogP contribution in [0.1, 0.15) is 45.0 Å². The summed E-state index contributed by atoms with van der Waals surface area (Å²) in [5.41, 5.74) is 3.80. The van der Waals surface area contributed by atoms with Crippen molar-refractivity contribution in [1.29, 1.82) is 0 Å². The van der Waals surface area contributed by atoms with Crippen LogP contribution in [0.5, 0.6) is 11.5 Å². The van der Waals surface area contributed by atoms with Crippen molar-refractivity contribution in [2.45, 2.75) is 32.9 Å². The van der Waals surface area contributed by atoms with Crippen LogP contribution < -0.4 is 19.7 Å². The Hall–Kier alpha value is -4.15. The average Bonchev–Trinajstić information content (AvgIpc) is 3.40. The van der Waals surface area contributed by atoms with Crippen molar-refractivity contribution >= 4 is 56.5 Å². The van der Waals surface area contributed by atoms with Gasteiger partial charge in [-0.2, -0.15) is 0 Å². The van der Waals surface area contributed by atoms with Gasteiger partial charge < -0.3 is 24.4 Å². The van der Waals surface area contributed by atoms with E-state index in [0.717, 1.165) is 15.0 Å². The number of carbonyl (C=O) groups excluding carboxylic acids is 3. The topological polar surface area (TPSA) is 94.2 Å². The van der Waals surface area contributed by atoms with Gasteiger partial charge >= 0.3 is 11.9 Å². The van der Waals surface area contributed by atoms with Crippen molar-refractivity contribution in [3.05, 3.63) is 92.1 Å². The van der Waals surface area contributed by atoms with Crippen molar-refractivity contribution in [3.63, 3.8) is 0 Å². The molecule has 1 aliphatic heterocycles. The zero-order valence-electron chi connectivity index (χ0n) is 23.7. The minimum Gasteiger partial charge on any atom is -0.496 e. The number of thiophene rings is 1. The van der Waals surface area contributed by atoms with E-state index in [9.17, 15) is 14.4 Å². The molecule has 5 rings (SSSR count). The molecular formula is C32H29BrN2O6S. The standard InChI is InChI=1S/C32H29BrN2O6S/c1-18-8-6-7-9-20(18)29(36)41-19-10-11-22(25(16-19)39-5)21-12-13-24-28(35(4)31(38)32(2,3)34-24)23(21)17-40-30(37)26-14-15-27(33)42-26/h6-16,34H,17H2,1-5H3. The van der Waals surface area contributed by atoms with Crippen LogP contribution in [0.3, 0.4) is 0 Å². The Kier molecular flexibility index (Phi) is 8.12. The third kappa shape index (κ3) is 5.64. The number of methoxy groups -OCH3 is 1. The Bertz CT molecular complexity index is 1710. The zero-order valence-corrected chi connectivity index (χ0v) is 26.1. The fraction of sp³-hybridized carbons (Fsp3) is 0.219. The molecule has 0 spiro atoms. The maximum atomic E-state index is 13.3. The van der Waals surface area contributed by atoms with Gasteiger partial charge in [0.25, 0.3) is 5.91 Å². The summed E-state index contributed by atoms with van der Waals surface area (Å²) in [6, 6.07) is 19.6. The highest BCUT2D eigenvalue weighted by Crippen LogP contribution is 2.45. The van der Waals surface area contributed by atoms with Gasteiger partial charge in [-0.15, -0.1) is 11.3 Å². The Morgan fingerprint density at radius 1 is 1.00 bits per heavy atom. The molecule has 1 aliphatic rings. The number of ether oxygens (including phenoxy) is 3. The Morgan fingerprint density at radius 3 is 2.43 bits per heavy atom. The Morgan fingerprint density at radius 2 is 1.74 bits per heavy atom. The molecular weight excluding hydrogens is 620 g/mol. The summed E-state index contributed by atoms with van der Waals surface area (Å²) in [5.74, 6) is -0.324. The SMILES string of the molecule is COc1cc(OC(=O)c2ccccc2C)ccc1-c1ccc2c(c1COC(=O)c1ccc(Br)s1)N(C)C(=O)C(C)(C)N2. The summed E-state index contributed by atoms with van der Waals surface area (Å²) in [6.07, 6.45) is 0. The number of rotatable bonds is 7. The number of anilines is 2. The predicted molar refractivity (Wildman–Crippen MR) is 167 cm³/mol. The molecule has 10 heteroatoms. The van der Waals surface area contributed by atoms with Gasteiger partial charge in [0.05, 0.1) is 27.8 Å². The van der Waals surface area contributed by atoms with E-state index in [1.54, 1.807) is 54.4 Å². The van der Waals surface area contributed by atoms with E-state index in [1.165, 1.54) is 18.4 Å². The monoisotopic (exact) mass is 648 g/mol. The minimum absolute atomic E-state index is 0.0975. The van der Waals surface area contributed by atoms with Crippen molar-refractivity contribution in [2.24, 2.45) is 0 Å². The highest BCUT2D eigenvalue weighted by atomic mass is 79.9. The molecule has 8 nitrogen and oxygen atoms in total. The van der Waals surface area contributed by atoms with Crippen LogP contribution in [-0.4, -0.2) is 37.5 Å². The van der Waals surface area contributed by atoms with E-state index in [2.05, 4.69) is 21.2 Å². The van der Waals surface area contributed by atoms with E-state index in [-0.39, 0.29) is 12.5 Å². The normalized spacial score (nSPS) is 13.7. The summed E-state index contributed by atoms with van der Waals surface area (Å²) in [7, 11) is 3.23. The van der Waals surface area contributed by atoms with Crippen LogP contribution in [0.4, 0.5) is 11.4 Å². The lowest BCUT2D eigenvalue weighted by atomic mass is 9.91. The van der Waals surface area contributed by atoms with Crippen LogP contribution in [0.25, 0.3) is 11.1 Å². The summed E-state index contributed by atoms with van der Waals surface area (Å²) in [4.78, 5) is 41.0. The van der Waals surface area contributed by atoms with E-state index >= 15 is 0 Å². The molecule has 42 heavy (non-hydrogen) atoms. The molecule has 1 aromatic heterocycles. The molecule has 3 aromatic carbocycles. The van der Waals surface area contributed by atoms with Gasteiger partial charge in [0.15, 0.2) is 0 Å². The lowest BCUT2D eigenvalue weighted by Crippen LogP contribution is -2.52. The number of benzene rings is 3. The van der Waals surface area contributed by atoms with Crippen LogP contribution in [-0.2, 0) is 16.1 Å². The van der Waals surface area contributed by atoms with E-state index in [4.69, 9.17) is 14.2 Å². The average molecular weight is 650 g/mol. The molecule has 0 atom stereocenters. The smallest absolute Gasteiger partial charge is 0.348 e. The second-order valence-electron chi connectivity index (χ2n) is 10.3. The lowest BCUT2D eigenvalue weighted by Gasteiger charge is -2.39. The third-order valence-corrected chi connectivity index (χ3v) is 8.67. The fourth-order valence-corrected chi connectivity index (χ4v) is 6.26. The molecule has 0 saturated carbocycles. The first kappa shape index (κ1) is 29.3. The predicted octanol–water partition coefficient (Wildman–Crippen LogP) is 7.24. The van der Waals surface area contributed by atoms with Crippen LogP contribution in [0.2, 0.25) is 0 Å². The molecule has 0 bridgehead atoms. The van der Waals surface area contributed by atoms with Gasteiger partial charge in [0.2, 0.25) is 0 Å². The first-order chi connectivity index (χ1) is 20.0.